The molecule has 2 unspecified atom stereocenters. The van der Waals surface area contributed by atoms with E-state index in [0.717, 1.165) is 22.3 Å². The maximum atomic E-state index is 5.98. The summed E-state index contributed by atoms with van der Waals surface area (Å²) >= 11 is 3.56. The Morgan fingerprint density at radius 1 is 1.33 bits per heavy atom. The first-order valence-corrected chi connectivity index (χ1v) is 8.34. The highest BCUT2D eigenvalue weighted by Gasteiger charge is 2.29. The quantitative estimate of drug-likeness (QED) is 0.855. The van der Waals surface area contributed by atoms with Crippen LogP contribution in [0.4, 0.5) is 5.69 Å². The standard InChI is InChI=1S/C15H20BrN5/c1-2-10-6-3-4-9-13(10)21-15(18-19-20-21)11-7-5-8-12(17)14(11)16/h5,7-8,10,13H,2-4,6,9,17H2,1H3. The molecule has 0 radical (unpaired) electrons. The van der Waals surface area contributed by atoms with Crippen LogP contribution in [0.25, 0.3) is 11.4 Å². The third-order valence-electron chi connectivity index (χ3n) is 4.47. The number of hydrogen-bond donors (Lipinski definition) is 1. The van der Waals surface area contributed by atoms with Gasteiger partial charge in [0.15, 0.2) is 5.82 Å². The summed E-state index contributed by atoms with van der Waals surface area (Å²) < 4.78 is 2.87. The predicted molar refractivity (Wildman–Crippen MR) is 86.7 cm³/mol. The second-order valence-corrected chi connectivity index (χ2v) is 6.47. The lowest BCUT2D eigenvalue weighted by Crippen LogP contribution is -2.24. The van der Waals surface area contributed by atoms with E-state index in [4.69, 9.17) is 5.73 Å². The van der Waals surface area contributed by atoms with E-state index >= 15 is 0 Å². The molecule has 0 aliphatic heterocycles. The highest BCUT2D eigenvalue weighted by atomic mass is 79.9. The minimum Gasteiger partial charge on any atom is -0.398 e. The van der Waals surface area contributed by atoms with Gasteiger partial charge >= 0.3 is 0 Å². The Morgan fingerprint density at radius 3 is 2.95 bits per heavy atom. The van der Waals surface area contributed by atoms with Crippen molar-refractivity contribution in [3.05, 3.63) is 22.7 Å². The van der Waals surface area contributed by atoms with Gasteiger partial charge in [-0.1, -0.05) is 32.3 Å². The van der Waals surface area contributed by atoms with E-state index in [2.05, 4.69) is 38.4 Å². The van der Waals surface area contributed by atoms with E-state index in [-0.39, 0.29) is 0 Å². The molecule has 1 fully saturated rings. The molecule has 0 amide bonds. The smallest absolute Gasteiger partial charge is 0.183 e. The number of benzene rings is 1. The molecule has 1 aromatic heterocycles. The zero-order valence-electron chi connectivity index (χ0n) is 12.2. The molecule has 5 nitrogen and oxygen atoms in total. The summed E-state index contributed by atoms with van der Waals surface area (Å²) in [5, 5.41) is 12.4. The van der Waals surface area contributed by atoms with Crippen LogP contribution >= 0.6 is 15.9 Å². The lowest BCUT2D eigenvalue weighted by Gasteiger charge is -2.31. The maximum Gasteiger partial charge on any atom is 0.183 e. The second-order valence-electron chi connectivity index (χ2n) is 5.68. The van der Waals surface area contributed by atoms with Gasteiger partial charge in [0.2, 0.25) is 0 Å². The summed E-state index contributed by atoms with van der Waals surface area (Å²) in [5.74, 6) is 1.46. The summed E-state index contributed by atoms with van der Waals surface area (Å²) in [5.41, 5.74) is 7.65. The van der Waals surface area contributed by atoms with Gasteiger partial charge in [-0.25, -0.2) is 4.68 Å². The minimum absolute atomic E-state index is 0.391. The molecule has 2 atom stereocenters. The van der Waals surface area contributed by atoms with E-state index < -0.39 is 0 Å². The van der Waals surface area contributed by atoms with Crippen LogP contribution in [-0.4, -0.2) is 20.2 Å². The van der Waals surface area contributed by atoms with Gasteiger partial charge in [-0.15, -0.1) is 5.10 Å². The molecular weight excluding hydrogens is 330 g/mol. The van der Waals surface area contributed by atoms with Crippen molar-refractivity contribution < 1.29 is 0 Å². The average Bonchev–Trinajstić information content (AvgIpc) is 2.99. The molecule has 0 saturated heterocycles. The molecule has 2 N–H and O–H groups in total. The summed E-state index contributed by atoms with van der Waals surface area (Å²) in [4.78, 5) is 0. The van der Waals surface area contributed by atoms with Crippen LogP contribution in [0.3, 0.4) is 0 Å². The zero-order chi connectivity index (χ0) is 14.8. The topological polar surface area (TPSA) is 69.6 Å². The SMILES string of the molecule is CCC1CCCCC1n1nnnc1-c1cccc(N)c1Br. The van der Waals surface area contributed by atoms with Crippen LogP contribution < -0.4 is 5.73 Å². The third kappa shape index (κ3) is 2.69. The van der Waals surface area contributed by atoms with E-state index in [9.17, 15) is 0 Å². The van der Waals surface area contributed by atoms with Crippen molar-refractivity contribution in [1.29, 1.82) is 0 Å². The molecule has 1 aliphatic rings. The number of tetrazole rings is 1. The monoisotopic (exact) mass is 349 g/mol. The predicted octanol–water partition coefficient (Wildman–Crippen LogP) is 3.83. The highest BCUT2D eigenvalue weighted by molar-refractivity contribution is 9.10. The molecule has 1 aromatic carbocycles. The fourth-order valence-electron chi connectivity index (χ4n) is 3.30. The van der Waals surface area contributed by atoms with Crippen LogP contribution in [0.5, 0.6) is 0 Å². The molecule has 3 rings (SSSR count). The van der Waals surface area contributed by atoms with Crippen LogP contribution in [0.2, 0.25) is 0 Å². The van der Waals surface area contributed by atoms with Gasteiger partial charge in [0.1, 0.15) is 0 Å². The molecular formula is C15H20BrN5. The van der Waals surface area contributed by atoms with E-state index in [1.165, 1.54) is 25.7 Å². The van der Waals surface area contributed by atoms with Crippen molar-refractivity contribution in [3.63, 3.8) is 0 Å². The molecule has 1 aliphatic carbocycles. The van der Waals surface area contributed by atoms with Crippen molar-refractivity contribution in [1.82, 2.24) is 20.2 Å². The van der Waals surface area contributed by atoms with Gasteiger partial charge in [0, 0.05) is 11.3 Å². The first kappa shape index (κ1) is 14.5. The van der Waals surface area contributed by atoms with Crippen LogP contribution in [0, 0.1) is 5.92 Å². The Labute approximate surface area is 133 Å². The number of nitrogens with zero attached hydrogens (tertiary/aromatic N) is 4. The molecule has 1 heterocycles. The van der Waals surface area contributed by atoms with Crippen molar-refractivity contribution >= 4 is 21.6 Å². The van der Waals surface area contributed by atoms with Crippen molar-refractivity contribution in [2.75, 3.05) is 5.73 Å². The van der Waals surface area contributed by atoms with Crippen LogP contribution in [-0.2, 0) is 0 Å². The first-order valence-electron chi connectivity index (χ1n) is 7.54. The first-order chi connectivity index (χ1) is 10.2. The summed E-state index contributed by atoms with van der Waals surface area (Å²) in [7, 11) is 0. The van der Waals surface area contributed by atoms with Crippen molar-refractivity contribution in [3.8, 4) is 11.4 Å². The van der Waals surface area contributed by atoms with Gasteiger partial charge < -0.3 is 5.73 Å². The second kappa shape index (κ2) is 6.13. The van der Waals surface area contributed by atoms with Gasteiger partial charge in [-0.05, 0) is 57.2 Å². The maximum absolute atomic E-state index is 5.98. The van der Waals surface area contributed by atoms with Gasteiger partial charge in [0.05, 0.1) is 10.5 Å². The number of nitrogens with two attached hydrogens (primary N) is 1. The molecule has 1 saturated carbocycles. The Kier molecular flexibility index (Phi) is 4.24. The summed E-state index contributed by atoms with van der Waals surface area (Å²) in [6.07, 6.45) is 6.14. The van der Waals surface area contributed by atoms with Gasteiger partial charge in [-0.2, -0.15) is 0 Å². The zero-order valence-corrected chi connectivity index (χ0v) is 13.8. The van der Waals surface area contributed by atoms with Crippen molar-refractivity contribution in [2.45, 2.75) is 45.1 Å². The molecule has 0 spiro atoms. The van der Waals surface area contributed by atoms with Gasteiger partial charge in [-0.3, -0.25) is 0 Å². The lowest BCUT2D eigenvalue weighted by molar-refractivity contribution is 0.216. The lowest BCUT2D eigenvalue weighted by atomic mass is 9.83. The van der Waals surface area contributed by atoms with Crippen LogP contribution in [0.1, 0.15) is 45.1 Å². The third-order valence-corrected chi connectivity index (χ3v) is 5.35. The Hall–Kier alpha value is -1.43. The van der Waals surface area contributed by atoms with Crippen molar-refractivity contribution in [2.24, 2.45) is 5.92 Å². The molecule has 112 valence electrons. The Bertz CT molecular complexity index is 624. The number of nitrogen functional groups attached to an aromatic ring is 1. The van der Waals surface area contributed by atoms with Gasteiger partial charge in [0.25, 0.3) is 0 Å². The fourth-order valence-corrected chi connectivity index (χ4v) is 3.74. The normalized spacial score (nSPS) is 22.4. The Morgan fingerprint density at radius 2 is 2.14 bits per heavy atom. The number of anilines is 1. The minimum atomic E-state index is 0.391. The molecule has 2 aromatic rings. The number of rotatable bonds is 3. The number of hydrogen-bond acceptors (Lipinski definition) is 4. The fraction of sp³-hybridized carbons (Fsp3) is 0.533. The molecule has 21 heavy (non-hydrogen) atoms. The average molecular weight is 350 g/mol. The van der Waals surface area contributed by atoms with E-state index in [1.807, 2.05) is 22.9 Å². The van der Waals surface area contributed by atoms with E-state index in [0.29, 0.717) is 17.6 Å². The number of halogens is 1. The summed E-state index contributed by atoms with van der Waals surface area (Å²) in [6, 6.07) is 6.21. The number of aromatic nitrogens is 4. The molecule has 6 heteroatoms. The largest absolute Gasteiger partial charge is 0.398 e. The highest BCUT2D eigenvalue weighted by Crippen LogP contribution is 2.39. The summed E-state index contributed by atoms with van der Waals surface area (Å²) in [6.45, 7) is 2.25. The molecule has 0 bridgehead atoms. The Balaban J connectivity index is 2.02. The van der Waals surface area contributed by atoms with E-state index in [1.54, 1.807) is 0 Å². The van der Waals surface area contributed by atoms with Crippen LogP contribution in [0.15, 0.2) is 22.7 Å².